The second-order valence-corrected chi connectivity index (χ2v) is 13.2. The number of anilines is 1. The summed E-state index contributed by atoms with van der Waals surface area (Å²) in [5, 5.41) is 3.54. The predicted octanol–water partition coefficient (Wildman–Crippen LogP) is 6.11. The van der Waals surface area contributed by atoms with E-state index in [2.05, 4.69) is 5.32 Å². The molecule has 1 aliphatic carbocycles. The number of benzene rings is 3. The zero-order chi connectivity index (χ0) is 31.0. The van der Waals surface area contributed by atoms with Crippen LogP contribution in [0, 0.1) is 6.92 Å². The number of carbonyl (C=O) groups excluding carboxylic acids is 2. The van der Waals surface area contributed by atoms with Gasteiger partial charge in [-0.3, -0.25) is 13.9 Å². The largest absolute Gasteiger partial charge is 0.497 e. The molecule has 0 aliphatic heterocycles. The Labute approximate surface area is 260 Å². The smallest absolute Gasteiger partial charge is 0.264 e. The lowest BCUT2D eigenvalue weighted by atomic mass is 9.95. The van der Waals surface area contributed by atoms with Crippen molar-refractivity contribution in [2.45, 2.75) is 75.9 Å². The third-order valence-electron chi connectivity index (χ3n) is 7.90. The van der Waals surface area contributed by atoms with E-state index in [0.29, 0.717) is 17.2 Å². The van der Waals surface area contributed by atoms with Gasteiger partial charge in [0.15, 0.2) is 0 Å². The molecule has 1 atom stereocenters. The number of ether oxygens (including phenoxy) is 1. The second kappa shape index (κ2) is 14.8. The number of aryl methyl sites for hydroxylation is 1. The van der Waals surface area contributed by atoms with Crippen LogP contribution in [0.15, 0.2) is 77.7 Å². The van der Waals surface area contributed by atoms with Crippen molar-refractivity contribution in [2.75, 3.05) is 18.0 Å². The van der Waals surface area contributed by atoms with Crippen LogP contribution in [0.4, 0.5) is 5.69 Å². The number of carbonyl (C=O) groups is 2. The summed E-state index contributed by atoms with van der Waals surface area (Å²) in [4.78, 5) is 29.5. The van der Waals surface area contributed by atoms with Gasteiger partial charge in [0.25, 0.3) is 10.0 Å². The number of nitrogens with zero attached hydrogens (tertiary/aromatic N) is 2. The van der Waals surface area contributed by atoms with Gasteiger partial charge in [0.1, 0.15) is 18.3 Å². The zero-order valence-corrected chi connectivity index (χ0v) is 26.5. The minimum atomic E-state index is -4.16. The van der Waals surface area contributed by atoms with E-state index in [0.717, 1.165) is 47.5 Å². The number of methoxy groups -OCH3 is 1. The molecule has 8 nitrogen and oxygen atoms in total. The van der Waals surface area contributed by atoms with E-state index in [-0.39, 0.29) is 29.1 Å². The normalized spacial score (nSPS) is 14.5. The molecule has 0 bridgehead atoms. The molecular weight excluding hydrogens is 586 g/mol. The summed E-state index contributed by atoms with van der Waals surface area (Å²) in [5.41, 5.74) is 1.83. The fraction of sp³-hybridized carbons (Fsp3) is 0.394. The summed E-state index contributed by atoms with van der Waals surface area (Å²) >= 11 is 6.41. The molecule has 0 radical (unpaired) electrons. The SMILES string of the molecule is CCC(C(=O)NC1CCCCC1)N(Cc1ccc(OC)cc1)C(=O)CN(c1ccc(C)c(Cl)c1)S(=O)(=O)c1ccccc1. The lowest BCUT2D eigenvalue weighted by Crippen LogP contribution is -2.54. The molecule has 0 spiro atoms. The van der Waals surface area contributed by atoms with Gasteiger partial charge in [-0.1, -0.05) is 74.2 Å². The Morgan fingerprint density at radius 2 is 1.67 bits per heavy atom. The first-order chi connectivity index (χ1) is 20.6. The minimum Gasteiger partial charge on any atom is -0.497 e. The van der Waals surface area contributed by atoms with E-state index in [1.165, 1.54) is 17.0 Å². The van der Waals surface area contributed by atoms with Gasteiger partial charge in [0.2, 0.25) is 11.8 Å². The van der Waals surface area contributed by atoms with Gasteiger partial charge in [0, 0.05) is 17.6 Å². The van der Waals surface area contributed by atoms with Crippen molar-refractivity contribution < 1.29 is 22.7 Å². The first kappa shape index (κ1) is 32.4. The highest BCUT2D eigenvalue weighted by Gasteiger charge is 2.34. The molecule has 0 saturated heterocycles. The van der Waals surface area contributed by atoms with Gasteiger partial charge >= 0.3 is 0 Å². The van der Waals surface area contributed by atoms with Crippen LogP contribution in [-0.4, -0.2) is 50.9 Å². The Hall–Kier alpha value is -3.56. The summed E-state index contributed by atoms with van der Waals surface area (Å²) in [5.74, 6) is -0.0649. The van der Waals surface area contributed by atoms with Gasteiger partial charge < -0.3 is 15.0 Å². The molecule has 1 saturated carbocycles. The van der Waals surface area contributed by atoms with E-state index in [9.17, 15) is 18.0 Å². The molecule has 1 N–H and O–H groups in total. The second-order valence-electron chi connectivity index (χ2n) is 10.9. The number of sulfonamides is 1. The Balaban J connectivity index is 1.71. The summed E-state index contributed by atoms with van der Waals surface area (Å²) in [7, 11) is -2.58. The van der Waals surface area contributed by atoms with Gasteiger partial charge in [-0.25, -0.2) is 8.42 Å². The van der Waals surface area contributed by atoms with Crippen LogP contribution in [0.3, 0.4) is 0 Å². The number of nitrogens with one attached hydrogen (secondary N) is 1. The molecule has 1 fully saturated rings. The van der Waals surface area contributed by atoms with Crippen LogP contribution in [0.2, 0.25) is 5.02 Å². The van der Waals surface area contributed by atoms with Crippen molar-refractivity contribution >= 4 is 39.1 Å². The molecular formula is C33H40ClN3O5S. The highest BCUT2D eigenvalue weighted by molar-refractivity contribution is 7.92. The molecule has 3 aromatic rings. The maximum atomic E-state index is 14.3. The summed E-state index contributed by atoms with van der Waals surface area (Å²) in [6.45, 7) is 3.28. The quantitative estimate of drug-likeness (QED) is 0.262. The van der Waals surface area contributed by atoms with E-state index in [4.69, 9.17) is 16.3 Å². The summed E-state index contributed by atoms with van der Waals surface area (Å²) in [6, 6.07) is 19.4. The van der Waals surface area contributed by atoms with Crippen molar-refractivity contribution in [1.82, 2.24) is 10.2 Å². The average Bonchev–Trinajstić information content (AvgIpc) is 3.02. The zero-order valence-electron chi connectivity index (χ0n) is 25.0. The molecule has 230 valence electrons. The fourth-order valence-corrected chi connectivity index (χ4v) is 6.98. The van der Waals surface area contributed by atoms with E-state index in [1.54, 1.807) is 55.6 Å². The third kappa shape index (κ3) is 8.09. The Bertz CT molecular complexity index is 1490. The first-order valence-corrected chi connectivity index (χ1v) is 16.5. The topological polar surface area (TPSA) is 96.0 Å². The van der Waals surface area contributed by atoms with Crippen molar-refractivity contribution in [1.29, 1.82) is 0 Å². The predicted molar refractivity (Wildman–Crippen MR) is 170 cm³/mol. The summed E-state index contributed by atoms with van der Waals surface area (Å²) < 4.78 is 34.3. The van der Waals surface area contributed by atoms with Crippen LogP contribution >= 0.6 is 11.6 Å². The van der Waals surface area contributed by atoms with Crippen molar-refractivity contribution in [3.8, 4) is 5.75 Å². The fourth-order valence-electron chi connectivity index (χ4n) is 5.38. The number of hydrogen-bond acceptors (Lipinski definition) is 5. The van der Waals surface area contributed by atoms with Crippen LogP contribution in [0.1, 0.15) is 56.6 Å². The molecule has 0 heterocycles. The molecule has 1 unspecified atom stereocenters. The van der Waals surface area contributed by atoms with Crippen LogP contribution in [-0.2, 0) is 26.2 Å². The molecule has 0 aromatic heterocycles. The van der Waals surface area contributed by atoms with Gasteiger partial charge in [0.05, 0.1) is 17.7 Å². The lowest BCUT2D eigenvalue weighted by molar-refractivity contribution is -0.140. The summed E-state index contributed by atoms with van der Waals surface area (Å²) in [6.07, 6.45) is 5.45. The molecule has 4 rings (SSSR count). The van der Waals surface area contributed by atoms with E-state index in [1.807, 2.05) is 26.0 Å². The lowest BCUT2D eigenvalue weighted by Gasteiger charge is -2.34. The van der Waals surface area contributed by atoms with E-state index >= 15 is 0 Å². The molecule has 1 aliphatic rings. The third-order valence-corrected chi connectivity index (χ3v) is 10.1. The van der Waals surface area contributed by atoms with Crippen LogP contribution in [0.25, 0.3) is 0 Å². The standard InChI is InChI=1S/C33H40ClN3O5S/c1-4-31(33(39)35-26-11-7-5-8-12-26)36(22-25-16-19-28(42-3)20-17-25)32(38)23-37(27-18-15-24(2)30(34)21-27)43(40,41)29-13-9-6-10-14-29/h6,9-10,13-21,26,31H,4-5,7-8,11-12,22-23H2,1-3H3,(H,35,39). The number of halogens is 1. The van der Waals surface area contributed by atoms with Crippen molar-refractivity contribution in [3.63, 3.8) is 0 Å². The van der Waals surface area contributed by atoms with Crippen LogP contribution in [0.5, 0.6) is 5.75 Å². The van der Waals surface area contributed by atoms with Crippen molar-refractivity contribution in [3.05, 3.63) is 88.9 Å². The minimum absolute atomic E-state index is 0.0447. The van der Waals surface area contributed by atoms with E-state index < -0.39 is 28.5 Å². The first-order valence-electron chi connectivity index (χ1n) is 14.7. The van der Waals surface area contributed by atoms with Gasteiger partial charge in [-0.2, -0.15) is 0 Å². The monoisotopic (exact) mass is 625 g/mol. The van der Waals surface area contributed by atoms with Gasteiger partial charge in [-0.15, -0.1) is 0 Å². The Morgan fingerprint density at radius 3 is 2.28 bits per heavy atom. The molecule has 43 heavy (non-hydrogen) atoms. The highest BCUT2D eigenvalue weighted by atomic mass is 35.5. The Kier molecular flexibility index (Phi) is 11.1. The number of amides is 2. The molecule has 2 amide bonds. The number of rotatable bonds is 12. The maximum Gasteiger partial charge on any atom is 0.264 e. The average molecular weight is 626 g/mol. The number of hydrogen-bond donors (Lipinski definition) is 1. The Morgan fingerprint density at radius 1 is 1.00 bits per heavy atom. The van der Waals surface area contributed by atoms with Crippen molar-refractivity contribution in [2.24, 2.45) is 0 Å². The molecule has 10 heteroatoms. The van der Waals surface area contributed by atoms with Gasteiger partial charge in [-0.05, 0) is 73.7 Å². The van der Waals surface area contributed by atoms with Crippen LogP contribution < -0.4 is 14.4 Å². The molecule has 3 aromatic carbocycles. The highest BCUT2D eigenvalue weighted by Crippen LogP contribution is 2.29. The maximum absolute atomic E-state index is 14.3.